The van der Waals surface area contributed by atoms with Crippen LogP contribution in [0.4, 0.5) is 0 Å². The molecular formula is C16H21NO. The lowest BCUT2D eigenvalue weighted by molar-refractivity contribution is -0.130. The van der Waals surface area contributed by atoms with E-state index in [-0.39, 0.29) is 0 Å². The third-order valence-corrected chi connectivity index (χ3v) is 4.25. The first kappa shape index (κ1) is 11.8. The molecule has 0 bridgehead atoms. The molecule has 1 heterocycles. The number of amides is 1. The van der Waals surface area contributed by atoms with Crippen LogP contribution in [0.25, 0.3) is 0 Å². The molecule has 0 aromatic heterocycles. The number of carbonyl (C=O) groups excluding carboxylic acids is 1. The summed E-state index contributed by atoms with van der Waals surface area (Å²) < 4.78 is 0. The Morgan fingerprint density at radius 2 is 1.83 bits per heavy atom. The zero-order valence-electron chi connectivity index (χ0n) is 10.8. The highest BCUT2D eigenvalue weighted by atomic mass is 16.2. The maximum Gasteiger partial charge on any atom is 0.222 e. The van der Waals surface area contributed by atoms with Crippen molar-refractivity contribution in [2.24, 2.45) is 5.92 Å². The van der Waals surface area contributed by atoms with Crippen LogP contribution in [0.2, 0.25) is 0 Å². The molecule has 1 aliphatic carbocycles. The molecule has 2 aliphatic rings. The number of likely N-dealkylation sites (tertiary alicyclic amines) is 1. The molecule has 0 spiro atoms. The third kappa shape index (κ3) is 2.74. The molecule has 3 rings (SSSR count). The molecule has 0 N–H and O–H groups in total. The van der Waals surface area contributed by atoms with Gasteiger partial charge in [-0.05, 0) is 43.1 Å². The van der Waals surface area contributed by atoms with E-state index < -0.39 is 0 Å². The largest absolute Gasteiger partial charge is 0.342 e. The van der Waals surface area contributed by atoms with E-state index >= 15 is 0 Å². The molecule has 1 aliphatic heterocycles. The molecule has 1 amide bonds. The van der Waals surface area contributed by atoms with Gasteiger partial charge in [-0.1, -0.05) is 30.3 Å². The Hall–Kier alpha value is -1.31. The predicted molar refractivity (Wildman–Crippen MR) is 72.3 cm³/mol. The Bertz CT molecular complexity index is 410. The SMILES string of the molecule is O=C1CCC(c2ccccc2)CCN1CC1CC1. The number of hydrogen-bond acceptors (Lipinski definition) is 1. The second-order valence-electron chi connectivity index (χ2n) is 5.72. The molecule has 1 atom stereocenters. The summed E-state index contributed by atoms with van der Waals surface area (Å²) in [5.74, 6) is 1.75. The molecule has 2 heteroatoms. The molecular weight excluding hydrogens is 222 g/mol. The van der Waals surface area contributed by atoms with E-state index in [1.54, 1.807) is 0 Å². The maximum atomic E-state index is 12.1. The lowest BCUT2D eigenvalue weighted by atomic mass is 9.92. The van der Waals surface area contributed by atoms with Crippen molar-refractivity contribution in [3.63, 3.8) is 0 Å². The van der Waals surface area contributed by atoms with E-state index in [1.165, 1.54) is 18.4 Å². The molecule has 0 radical (unpaired) electrons. The first-order chi connectivity index (χ1) is 8.83. The fourth-order valence-corrected chi connectivity index (χ4v) is 2.90. The van der Waals surface area contributed by atoms with Crippen LogP contribution in [0.15, 0.2) is 30.3 Å². The van der Waals surface area contributed by atoms with Gasteiger partial charge in [0.25, 0.3) is 0 Å². The van der Waals surface area contributed by atoms with Gasteiger partial charge in [-0.3, -0.25) is 4.79 Å². The van der Waals surface area contributed by atoms with E-state index in [0.29, 0.717) is 11.8 Å². The van der Waals surface area contributed by atoms with Crippen LogP contribution in [0.1, 0.15) is 43.6 Å². The summed E-state index contributed by atoms with van der Waals surface area (Å²) in [7, 11) is 0. The smallest absolute Gasteiger partial charge is 0.222 e. The van der Waals surface area contributed by atoms with Crippen LogP contribution in [-0.4, -0.2) is 23.9 Å². The van der Waals surface area contributed by atoms with Gasteiger partial charge in [0.1, 0.15) is 0 Å². The average molecular weight is 243 g/mol. The van der Waals surface area contributed by atoms with Crippen LogP contribution < -0.4 is 0 Å². The minimum absolute atomic E-state index is 0.375. The molecule has 2 nitrogen and oxygen atoms in total. The average Bonchev–Trinajstić information content (AvgIpc) is 3.22. The van der Waals surface area contributed by atoms with Crippen LogP contribution in [0.5, 0.6) is 0 Å². The molecule has 96 valence electrons. The normalized spacial score (nSPS) is 25.0. The van der Waals surface area contributed by atoms with Crippen molar-refractivity contribution >= 4 is 5.91 Å². The van der Waals surface area contributed by atoms with Gasteiger partial charge in [-0.15, -0.1) is 0 Å². The zero-order valence-corrected chi connectivity index (χ0v) is 10.8. The van der Waals surface area contributed by atoms with E-state index in [9.17, 15) is 4.79 Å². The van der Waals surface area contributed by atoms with Crippen molar-refractivity contribution < 1.29 is 4.79 Å². The van der Waals surface area contributed by atoms with Gasteiger partial charge in [0, 0.05) is 19.5 Å². The first-order valence-electron chi connectivity index (χ1n) is 7.15. The van der Waals surface area contributed by atoms with Gasteiger partial charge < -0.3 is 4.90 Å². The Morgan fingerprint density at radius 3 is 2.56 bits per heavy atom. The summed E-state index contributed by atoms with van der Waals surface area (Å²) in [6.45, 7) is 1.97. The molecule has 1 aromatic carbocycles. The third-order valence-electron chi connectivity index (χ3n) is 4.25. The van der Waals surface area contributed by atoms with Crippen molar-refractivity contribution in [3.05, 3.63) is 35.9 Å². The van der Waals surface area contributed by atoms with Gasteiger partial charge in [0.2, 0.25) is 5.91 Å². The molecule has 2 fully saturated rings. The molecule has 1 unspecified atom stereocenters. The minimum Gasteiger partial charge on any atom is -0.342 e. The standard InChI is InChI=1S/C16H21NO/c18-16-9-8-15(14-4-2-1-3-5-14)10-11-17(16)12-13-6-7-13/h1-5,13,15H,6-12H2. The predicted octanol–water partition coefficient (Wildman–Crippen LogP) is 3.19. The Labute approximate surface area is 109 Å². The Kier molecular flexibility index (Phi) is 3.35. The van der Waals surface area contributed by atoms with Crippen molar-refractivity contribution in [1.82, 2.24) is 4.90 Å². The van der Waals surface area contributed by atoms with Gasteiger partial charge in [-0.2, -0.15) is 0 Å². The van der Waals surface area contributed by atoms with E-state index in [2.05, 4.69) is 35.2 Å². The molecule has 1 aromatic rings. The second-order valence-corrected chi connectivity index (χ2v) is 5.72. The molecule has 1 saturated carbocycles. The summed E-state index contributed by atoms with van der Waals surface area (Å²) in [6, 6.07) is 10.7. The van der Waals surface area contributed by atoms with Crippen molar-refractivity contribution in [2.45, 2.75) is 38.0 Å². The number of carbonyl (C=O) groups is 1. The summed E-state index contributed by atoms with van der Waals surface area (Å²) >= 11 is 0. The van der Waals surface area contributed by atoms with Gasteiger partial charge in [0.05, 0.1) is 0 Å². The van der Waals surface area contributed by atoms with Crippen LogP contribution in [0, 0.1) is 5.92 Å². The Morgan fingerprint density at radius 1 is 1.06 bits per heavy atom. The monoisotopic (exact) mass is 243 g/mol. The lowest BCUT2D eigenvalue weighted by Crippen LogP contribution is -2.32. The van der Waals surface area contributed by atoms with Crippen molar-refractivity contribution in [3.8, 4) is 0 Å². The molecule has 1 saturated heterocycles. The van der Waals surface area contributed by atoms with Crippen LogP contribution >= 0.6 is 0 Å². The number of rotatable bonds is 3. The van der Waals surface area contributed by atoms with E-state index in [4.69, 9.17) is 0 Å². The fraction of sp³-hybridized carbons (Fsp3) is 0.562. The highest BCUT2D eigenvalue weighted by Gasteiger charge is 2.29. The van der Waals surface area contributed by atoms with Crippen molar-refractivity contribution in [2.75, 3.05) is 13.1 Å². The maximum absolute atomic E-state index is 12.1. The lowest BCUT2D eigenvalue weighted by Gasteiger charge is -2.20. The van der Waals surface area contributed by atoms with E-state index in [0.717, 1.165) is 38.3 Å². The van der Waals surface area contributed by atoms with Gasteiger partial charge in [0.15, 0.2) is 0 Å². The molecule has 18 heavy (non-hydrogen) atoms. The van der Waals surface area contributed by atoms with Crippen molar-refractivity contribution in [1.29, 1.82) is 0 Å². The van der Waals surface area contributed by atoms with Crippen LogP contribution in [0.3, 0.4) is 0 Å². The summed E-state index contributed by atoms with van der Waals surface area (Å²) in [4.78, 5) is 14.2. The summed E-state index contributed by atoms with van der Waals surface area (Å²) in [6.07, 6.45) is 5.52. The van der Waals surface area contributed by atoms with Crippen LogP contribution in [-0.2, 0) is 4.79 Å². The Balaban J connectivity index is 1.65. The number of hydrogen-bond donors (Lipinski definition) is 0. The second kappa shape index (κ2) is 5.13. The first-order valence-corrected chi connectivity index (χ1v) is 7.15. The fourth-order valence-electron chi connectivity index (χ4n) is 2.90. The van der Waals surface area contributed by atoms with Gasteiger partial charge in [-0.25, -0.2) is 0 Å². The minimum atomic E-state index is 0.375. The number of nitrogens with zero attached hydrogens (tertiary/aromatic N) is 1. The van der Waals surface area contributed by atoms with E-state index in [1.807, 2.05) is 0 Å². The highest BCUT2D eigenvalue weighted by molar-refractivity contribution is 5.76. The zero-order chi connectivity index (χ0) is 12.4. The van der Waals surface area contributed by atoms with Gasteiger partial charge >= 0.3 is 0 Å². The number of benzene rings is 1. The summed E-state index contributed by atoms with van der Waals surface area (Å²) in [5.41, 5.74) is 1.40. The highest BCUT2D eigenvalue weighted by Crippen LogP contribution is 2.33. The topological polar surface area (TPSA) is 20.3 Å². The summed E-state index contributed by atoms with van der Waals surface area (Å²) in [5, 5.41) is 0. The quantitative estimate of drug-likeness (QED) is 0.798.